The Morgan fingerprint density at radius 3 is 2.76 bits per heavy atom. The van der Waals surface area contributed by atoms with E-state index in [4.69, 9.17) is 0 Å². The van der Waals surface area contributed by atoms with Crippen molar-refractivity contribution in [2.45, 2.75) is 38.1 Å². The first-order valence-corrected chi connectivity index (χ1v) is 7.79. The molecule has 2 atom stereocenters. The van der Waals surface area contributed by atoms with E-state index in [9.17, 15) is 9.18 Å². The first kappa shape index (κ1) is 13.0. The number of carbonyl (C=O) groups excluding carboxylic acids is 1. The molecule has 21 heavy (non-hydrogen) atoms. The topological polar surface area (TPSA) is 38.1 Å². The zero-order chi connectivity index (χ0) is 14.7. The lowest BCUT2D eigenvalue weighted by molar-refractivity contribution is 0.0808. The molecule has 3 aliphatic rings. The van der Waals surface area contributed by atoms with E-state index in [1.54, 1.807) is 14.1 Å². The quantitative estimate of drug-likeness (QED) is 0.821. The highest BCUT2D eigenvalue weighted by atomic mass is 19.1. The fourth-order valence-electron chi connectivity index (χ4n) is 3.73. The third-order valence-electron chi connectivity index (χ3n) is 5.00. The average Bonchev–Trinajstić information content (AvgIpc) is 2.87. The van der Waals surface area contributed by atoms with Crippen LogP contribution in [0, 0.1) is 11.8 Å². The van der Waals surface area contributed by atoms with E-state index in [1.807, 2.05) is 4.57 Å². The first-order valence-electron chi connectivity index (χ1n) is 7.79. The molecule has 0 saturated heterocycles. The summed E-state index contributed by atoms with van der Waals surface area (Å²) >= 11 is 0. The molecular formula is C16H20FN3O. The Balaban J connectivity index is 1.96. The molecule has 0 aromatic carbocycles. The number of hydrogen-bond donors (Lipinski definition) is 0. The summed E-state index contributed by atoms with van der Waals surface area (Å²) in [4.78, 5) is 18.4. The van der Waals surface area contributed by atoms with Gasteiger partial charge in [-0.25, -0.2) is 9.37 Å². The number of fused-ring (bicyclic) bond motifs is 2. The second-order valence-corrected chi connectivity index (χ2v) is 6.70. The van der Waals surface area contributed by atoms with E-state index in [1.165, 1.54) is 17.7 Å². The molecule has 2 saturated carbocycles. The summed E-state index contributed by atoms with van der Waals surface area (Å²) < 4.78 is 16.5. The smallest absolute Gasteiger partial charge is 0.289 e. The second-order valence-electron chi connectivity index (χ2n) is 6.70. The van der Waals surface area contributed by atoms with E-state index in [-0.39, 0.29) is 17.7 Å². The van der Waals surface area contributed by atoms with Crippen molar-refractivity contribution in [3.63, 3.8) is 0 Å². The van der Waals surface area contributed by atoms with Crippen molar-refractivity contribution in [2.75, 3.05) is 14.1 Å². The normalized spacial score (nSPS) is 27.1. The van der Waals surface area contributed by atoms with Crippen molar-refractivity contribution in [3.8, 4) is 0 Å². The number of halogens is 1. The minimum Gasteiger partial charge on any atom is -0.342 e. The molecule has 4 rings (SSSR count). The molecule has 0 bridgehead atoms. The number of hydrogen-bond acceptors (Lipinski definition) is 2. The molecule has 2 fully saturated rings. The fourth-order valence-corrected chi connectivity index (χ4v) is 3.73. The third-order valence-corrected chi connectivity index (χ3v) is 5.00. The number of aromatic nitrogens is 2. The van der Waals surface area contributed by atoms with Crippen LogP contribution in [0.2, 0.25) is 0 Å². The Bertz CT molecular complexity index is 727. The molecule has 1 amide bonds. The van der Waals surface area contributed by atoms with Gasteiger partial charge in [0.1, 0.15) is 11.2 Å². The number of rotatable bonds is 2. The van der Waals surface area contributed by atoms with Gasteiger partial charge in [0.05, 0.1) is 5.35 Å². The van der Waals surface area contributed by atoms with Crippen molar-refractivity contribution in [3.05, 3.63) is 16.5 Å². The van der Waals surface area contributed by atoms with Gasteiger partial charge in [-0.05, 0) is 25.2 Å². The van der Waals surface area contributed by atoms with Gasteiger partial charge in [-0.2, -0.15) is 0 Å². The van der Waals surface area contributed by atoms with Crippen LogP contribution >= 0.6 is 0 Å². The molecule has 0 spiro atoms. The summed E-state index contributed by atoms with van der Waals surface area (Å²) in [6.45, 7) is 0. The molecule has 3 aliphatic carbocycles. The van der Waals surface area contributed by atoms with Gasteiger partial charge in [-0.3, -0.25) is 4.79 Å². The third kappa shape index (κ3) is 1.86. The van der Waals surface area contributed by atoms with Crippen LogP contribution < -0.4 is 10.7 Å². The predicted octanol–water partition coefficient (Wildman–Crippen LogP) is 1.21. The van der Waals surface area contributed by atoms with Crippen molar-refractivity contribution in [2.24, 2.45) is 11.8 Å². The van der Waals surface area contributed by atoms with E-state index in [0.29, 0.717) is 23.1 Å². The lowest BCUT2D eigenvalue weighted by atomic mass is 10.1. The van der Waals surface area contributed by atoms with Crippen LogP contribution in [0.15, 0.2) is 0 Å². The molecule has 5 heteroatoms. The Labute approximate surface area is 123 Å². The van der Waals surface area contributed by atoms with Crippen LogP contribution in [-0.2, 0) is 0 Å². The van der Waals surface area contributed by atoms with E-state index >= 15 is 0 Å². The molecule has 0 aliphatic heterocycles. The van der Waals surface area contributed by atoms with Gasteiger partial charge >= 0.3 is 0 Å². The minimum atomic E-state index is -0.133. The Kier molecular flexibility index (Phi) is 2.75. The molecule has 0 N–H and O–H groups in total. The maximum atomic E-state index is 14.5. The highest BCUT2D eigenvalue weighted by Crippen LogP contribution is 2.47. The van der Waals surface area contributed by atoms with Gasteiger partial charge in [-0.1, -0.05) is 18.9 Å². The maximum Gasteiger partial charge on any atom is 0.289 e. The zero-order valence-corrected chi connectivity index (χ0v) is 12.5. The monoisotopic (exact) mass is 289 g/mol. The highest BCUT2D eigenvalue weighted by molar-refractivity contribution is 5.90. The predicted molar refractivity (Wildman–Crippen MR) is 77.6 cm³/mol. The fraction of sp³-hybridized carbons (Fsp3) is 0.625. The molecule has 1 heterocycles. The summed E-state index contributed by atoms with van der Waals surface area (Å²) in [5.74, 6) is 0.501. The molecule has 1 aromatic rings. The largest absolute Gasteiger partial charge is 0.342 e. The highest BCUT2D eigenvalue weighted by Gasteiger charge is 2.43. The van der Waals surface area contributed by atoms with Crippen LogP contribution in [0.5, 0.6) is 0 Å². The maximum absolute atomic E-state index is 14.5. The van der Waals surface area contributed by atoms with Crippen LogP contribution in [0.4, 0.5) is 4.39 Å². The van der Waals surface area contributed by atoms with Gasteiger partial charge < -0.3 is 9.47 Å². The van der Waals surface area contributed by atoms with Crippen molar-refractivity contribution in [1.29, 1.82) is 0 Å². The summed E-state index contributed by atoms with van der Waals surface area (Å²) in [7, 11) is 3.44. The SMILES string of the molecule is CN(C)C(=O)c1nc2c(n1C1CCCC1)=CC1CC1C=2F. The summed E-state index contributed by atoms with van der Waals surface area (Å²) in [6.07, 6.45) is 7.49. The van der Waals surface area contributed by atoms with Crippen LogP contribution in [0.1, 0.15) is 48.8 Å². The van der Waals surface area contributed by atoms with Crippen molar-refractivity contribution >= 4 is 17.8 Å². The summed E-state index contributed by atoms with van der Waals surface area (Å²) in [5, 5.41) is 1.27. The number of amides is 1. The van der Waals surface area contributed by atoms with Crippen LogP contribution in [0.25, 0.3) is 11.9 Å². The summed E-state index contributed by atoms with van der Waals surface area (Å²) in [5.41, 5.74) is 0. The van der Waals surface area contributed by atoms with Crippen LogP contribution in [0.3, 0.4) is 0 Å². The second kappa shape index (κ2) is 4.42. The van der Waals surface area contributed by atoms with Gasteiger partial charge in [0, 0.05) is 26.1 Å². The Hall–Kier alpha value is -1.65. The molecule has 112 valence electrons. The van der Waals surface area contributed by atoms with Gasteiger partial charge in [0.15, 0.2) is 0 Å². The standard InChI is InChI=1S/C16H20FN3O/c1-19(2)16(21)15-18-14-12(8-9-7-11(9)13(14)17)20(15)10-5-3-4-6-10/h8-11H,3-7H2,1-2H3. The van der Waals surface area contributed by atoms with Gasteiger partial charge in [0.25, 0.3) is 5.91 Å². The average molecular weight is 289 g/mol. The van der Waals surface area contributed by atoms with Crippen LogP contribution in [-0.4, -0.2) is 34.5 Å². The molecule has 0 radical (unpaired) electrons. The lowest BCUT2D eigenvalue weighted by Gasteiger charge is -2.17. The molecule has 1 aromatic heterocycles. The first-order chi connectivity index (χ1) is 10.1. The Morgan fingerprint density at radius 1 is 1.38 bits per heavy atom. The molecule has 4 nitrogen and oxygen atoms in total. The Morgan fingerprint density at radius 2 is 2.10 bits per heavy atom. The number of carbonyl (C=O) groups is 1. The molecular weight excluding hydrogens is 269 g/mol. The summed E-state index contributed by atoms with van der Waals surface area (Å²) in [6, 6.07) is 0.291. The lowest BCUT2D eigenvalue weighted by Crippen LogP contribution is -2.36. The zero-order valence-electron chi connectivity index (χ0n) is 12.5. The van der Waals surface area contributed by atoms with E-state index in [0.717, 1.165) is 24.6 Å². The number of nitrogens with zero attached hydrogens (tertiary/aromatic N) is 3. The van der Waals surface area contributed by atoms with E-state index < -0.39 is 0 Å². The van der Waals surface area contributed by atoms with Crippen molar-refractivity contribution < 1.29 is 9.18 Å². The van der Waals surface area contributed by atoms with Gasteiger partial charge in [-0.15, -0.1) is 0 Å². The number of imidazole rings is 1. The van der Waals surface area contributed by atoms with Gasteiger partial charge in [0.2, 0.25) is 5.82 Å². The minimum absolute atomic E-state index is 0.0201. The molecule has 2 unspecified atom stereocenters. The van der Waals surface area contributed by atoms with E-state index in [2.05, 4.69) is 11.1 Å². The van der Waals surface area contributed by atoms with Crippen molar-refractivity contribution in [1.82, 2.24) is 14.5 Å².